The van der Waals surface area contributed by atoms with E-state index in [1.807, 2.05) is 0 Å². The average Bonchev–Trinajstić information content (AvgIpc) is 3.21. The van der Waals surface area contributed by atoms with Gasteiger partial charge in [-0.1, -0.05) is 72.0 Å². The lowest BCUT2D eigenvalue weighted by atomic mass is 9.45. The highest BCUT2D eigenvalue weighted by atomic mass is 16.5. The molecule has 1 aliphatic heterocycles. The smallest absolute Gasteiger partial charge is 0.302 e. The summed E-state index contributed by atoms with van der Waals surface area (Å²) >= 11 is 0. The second-order valence-corrected chi connectivity index (χ2v) is 15.0. The van der Waals surface area contributed by atoms with Gasteiger partial charge in [0.05, 0.1) is 0 Å². The molecule has 0 N–H and O–H groups in total. The monoisotopic (exact) mass is 511 g/mol. The van der Waals surface area contributed by atoms with Gasteiger partial charge < -0.3 is 4.74 Å². The molecule has 3 heteroatoms. The van der Waals surface area contributed by atoms with Crippen LogP contribution in [-0.2, 0) is 9.53 Å². The van der Waals surface area contributed by atoms with Gasteiger partial charge in [-0.15, -0.1) is 0 Å². The van der Waals surface area contributed by atoms with Gasteiger partial charge in [0.1, 0.15) is 6.10 Å². The topological polar surface area (TPSA) is 29.5 Å². The maximum Gasteiger partial charge on any atom is 0.302 e. The second-order valence-electron chi connectivity index (χ2n) is 15.0. The van der Waals surface area contributed by atoms with E-state index in [4.69, 9.17) is 4.74 Å². The number of fused-ring (bicyclic) bond motifs is 5. The molecule has 0 aromatic rings. The van der Waals surface area contributed by atoms with Crippen molar-refractivity contribution in [3.63, 3.8) is 0 Å². The van der Waals surface area contributed by atoms with Crippen LogP contribution in [0.15, 0.2) is 11.6 Å². The van der Waals surface area contributed by atoms with Crippen molar-refractivity contribution in [3.05, 3.63) is 11.6 Å². The van der Waals surface area contributed by atoms with Crippen LogP contribution in [0.4, 0.5) is 0 Å². The molecule has 0 radical (unpaired) electrons. The van der Waals surface area contributed by atoms with Crippen LogP contribution in [0, 0.1) is 46.3 Å². The lowest BCUT2D eigenvalue weighted by molar-refractivity contribution is -0.149. The number of likely N-dealkylation sites (tertiary alicyclic amines) is 1. The Hall–Kier alpha value is -0.830. The summed E-state index contributed by atoms with van der Waals surface area (Å²) in [5.74, 6) is 4.97. The zero-order chi connectivity index (χ0) is 26.4. The van der Waals surface area contributed by atoms with Gasteiger partial charge in [0.2, 0.25) is 0 Å². The van der Waals surface area contributed by atoms with E-state index in [0.717, 1.165) is 48.3 Å². The van der Waals surface area contributed by atoms with E-state index in [1.165, 1.54) is 83.7 Å². The fourth-order valence-electron chi connectivity index (χ4n) is 10.5. The molecule has 37 heavy (non-hydrogen) atoms. The van der Waals surface area contributed by atoms with Gasteiger partial charge in [0.25, 0.3) is 0 Å². The molecular formula is C34H57NO2. The van der Waals surface area contributed by atoms with Gasteiger partial charge in [-0.05, 0) is 111 Å². The predicted molar refractivity (Wildman–Crippen MR) is 153 cm³/mol. The molecule has 5 aliphatic rings. The second kappa shape index (κ2) is 11.0. The van der Waals surface area contributed by atoms with Crippen LogP contribution in [0.3, 0.4) is 0 Å². The summed E-state index contributed by atoms with van der Waals surface area (Å²) in [6, 6.07) is 0.601. The summed E-state index contributed by atoms with van der Waals surface area (Å²) in [7, 11) is 0. The van der Waals surface area contributed by atoms with Gasteiger partial charge in [0, 0.05) is 19.4 Å². The minimum Gasteiger partial charge on any atom is -0.462 e. The molecular weight excluding hydrogens is 454 g/mol. The molecule has 0 unspecified atom stereocenters. The summed E-state index contributed by atoms with van der Waals surface area (Å²) < 4.78 is 5.78. The Morgan fingerprint density at radius 2 is 1.76 bits per heavy atom. The molecule has 0 aromatic carbocycles. The standard InChI is InChI=1S/C34H57NO2/c1-23(2)11-10-12-24(3)28-13-14-29-32-30(16-18-34(28,29)6)33(5)17-15-27(37-25(4)36)21-26(33)22-31(32)35-19-8-7-9-20-35/h22-24,27-32H,7-21H2,1-6H3/t24-,27+,28-,29+,30-,31+,32-,33+,34+/m0/s1. The van der Waals surface area contributed by atoms with Crippen LogP contribution in [0.1, 0.15) is 125 Å². The van der Waals surface area contributed by atoms with Gasteiger partial charge in [0.15, 0.2) is 0 Å². The largest absolute Gasteiger partial charge is 0.462 e. The maximum absolute atomic E-state index is 11.8. The number of nitrogens with zero attached hydrogens (tertiary/aromatic N) is 1. The van der Waals surface area contributed by atoms with Crippen molar-refractivity contribution in [2.45, 2.75) is 137 Å². The Labute approximate surface area is 228 Å². The Balaban J connectivity index is 1.43. The molecule has 0 bridgehead atoms. The number of carbonyl (C=O) groups is 1. The molecule has 5 rings (SSSR count). The predicted octanol–water partition coefficient (Wildman–Crippen LogP) is 8.42. The van der Waals surface area contributed by atoms with Crippen molar-refractivity contribution in [1.29, 1.82) is 0 Å². The maximum atomic E-state index is 11.8. The molecule has 3 saturated carbocycles. The van der Waals surface area contributed by atoms with Crippen LogP contribution in [-0.4, -0.2) is 36.1 Å². The molecule has 0 amide bonds. The first kappa shape index (κ1) is 27.7. The van der Waals surface area contributed by atoms with E-state index in [0.29, 0.717) is 16.9 Å². The summed E-state index contributed by atoms with van der Waals surface area (Å²) in [5.41, 5.74) is 2.46. The van der Waals surface area contributed by atoms with E-state index in [9.17, 15) is 4.79 Å². The van der Waals surface area contributed by atoms with Crippen molar-refractivity contribution in [3.8, 4) is 0 Å². The molecule has 1 saturated heterocycles. The molecule has 1 heterocycles. The number of carbonyl (C=O) groups excluding carboxylic acids is 1. The van der Waals surface area contributed by atoms with Gasteiger partial charge in [-0.25, -0.2) is 0 Å². The van der Waals surface area contributed by atoms with Crippen molar-refractivity contribution >= 4 is 5.97 Å². The van der Waals surface area contributed by atoms with Crippen molar-refractivity contribution in [2.24, 2.45) is 46.3 Å². The minimum absolute atomic E-state index is 0.0896. The number of ether oxygens (including phenoxy) is 1. The molecule has 210 valence electrons. The van der Waals surface area contributed by atoms with E-state index >= 15 is 0 Å². The highest BCUT2D eigenvalue weighted by Gasteiger charge is 2.61. The van der Waals surface area contributed by atoms with Gasteiger partial charge in [-0.2, -0.15) is 0 Å². The lowest BCUT2D eigenvalue weighted by Gasteiger charge is -2.62. The molecule has 9 atom stereocenters. The van der Waals surface area contributed by atoms with Gasteiger partial charge in [-0.3, -0.25) is 9.69 Å². The van der Waals surface area contributed by atoms with E-state index in [2.05, 4.69) is 45.6 Å². The molecule has 4 fully saturated rings. The third kappa shape index (κ3) is 5.21. The first-order valence-electron chi connectivity index (χ1n) is 16.3. The summed E-state index contributed by atoms with van der Waals surface area (Å²) in [5, 5.41) is 0. The first-order valence-corrected chi connectivity index (χ1v) is 16.3. The molecule has 0 spiro atoms. The number of hydrogen-bond donors (Lipinski definition) is 0. The summed E-state index contributed by atoms with van der Waals surface area (Å²) in [4.78, 5) is 14.7. The Kier molecular flexibility index (Phi) is 8.22. The Morgan fingerprint density at radius 1 is 1.00 bits per heavy atom. The highest BCUT2D eigenvalue weighted by Crippen LogP contribution is 2.68. The van der Waals surface area contributed by atoms with Crippen LogP contribution < -0.4 is 0 Å². The van der Waals surface area contributed by atoms with Crippen molar-refractivity contribution in [1.82, 2.24) is 4.90 Å². The summed E-state index contributed by atoms with van der Waals surface area (Å²) in [6.07, 6.45) is 20.2. The molecule has 4 aliphatic carbocycles. The lowest BCUT2D eigenvalue weighted by Crippen LogP contribution is -2.59. The van der Waals surface area contributed by atoms with Crippen LogP contribution in [0.25, 0.3) is 0 Å². The van der Waals surface area contributed by atoms with E-state index < -0.39 is 0 Å². The third-order valence-electron chi connectivity index (χ3n) is 12.4. The number of hydrogen-bond acceptors (Lipinski definition) is 3. The Morgan fingerprint density at radius 3 is 2.46 bits per heavy atom. The van der Waals surface area contributed by atoms with Crippen molar-refractivity contribution in [2.75, 3.05) is 13.1 Å². The fraction of sp³-hybridized carbons (Fsp3) is 0.912. The number of esters is 1. The number of rotatable bonds is 7. The van der Waals surface area contributed by atoms with Crippen LogP contribution in [0.5, 0.6) is 0 Å². The molecule has 3 nitrogen and oxygen atoms in total. The Bertz CT molecular complexity index is 843. The normalized spacial score (nSPS) is 42.9. The minimum atomic E-state index is -0.108. The van der Waals surface area contributed by atoms with Crippen LogP contribution >= 0.6 is 0 Å². The third-order valence-corrected chi connectivity index (χ3v) is 12.4. The average molecular weight is 512 g/mol. The zero-order valence-electron chi connectivity index (χ0n) is 25.1. The SMILES string of the molecule is CC(=O)O[C@@H]1CC[C@]2(C)C(=C[C@@H](N3CCCCC3)[C@H]3[C@H]4CC[C@@H]([C@@H](C)CCCC(C)C)[C@@]4(C)CC[C@@H]32)C1. The van der Waals surface area contributed by atoms with Crippen LogP contribution in [0.2, 0.25) is 0 Å². The quantitative estimate of drug-likeness (QED) is 0.254. The highest BCUT2D eigenvalue weighted by molar-refractivity contribution is 5.66. The zero-order valence-corrected chi connectivity index (χ0v) is 25.1. The fourth-order valence-corrected chi connectivity index (χ4v) is 10.5. The van der Waals surface area contributed by atoms with E-state index in [1.54, 1.807) is 12.5 Å². The number of piperidine rings is 1. The van der Waals surface area contributed by atoms with Crippen molar-refractivity contribution < 1.29 is 9.53 Å². The van der Waals surface area contributed by atoms with Gasteiger partial charge >= 0.3 is 5.97 Å². The first-order chi connectivity index (χ1) is 17.6. The van der Waals surface area contributed by atoms with E-state index in [-0.39, 0.29) is 12.1 Å². The summed E-state index contributed by atoms with van der Waals surface area (Å²) in [6.45, 7) is 16.8. The molecule has 0 aromatic heterocycles.